The van der Waals surface area contributed by atoms with Gasteiger partial charge in [-0.15, -0.1) is 11.3 Å². The summed E-state index contributed by atoms with van der Waals surface area (Å²) in [5.41, 5.74) is 0.846. The molecule has 2 nitrogen and oxygen atoms in total. The van der Waals surface area contributed by atoms with E-state index in [1.54, 1.807) is 18.4 Å². The third-order valence-corrected chi connectivity index (χ3v) is 2.67. The molecule has 0 saturated carbocycles. The molecule has 0 N–H and O–H groups in total. The monoisotopic (exact) mass is 198 g/mol. The van der Waals surface area contributed by atoms with E-state index in [1.165, 1.54) is 4.88 Å². The zero-order valence-corrected chi connectivity index (χ0v) is 8.82. The zero-order valence-electron chi connectivity index (χ0n) is 8.00. The van der Waals surface area contributed by atoms with Gasteiger partial charge in [-0.3, -0.25) is 4.79 Å². The average molecular weight is 198 g/mol. The first kappa shape index (κ1) is 10.4. The lowest BCUT2D eigenvalue weighted by Crippen LogP contribution is -1.99. The second-order valence-corrected chi connectivity index (χ2v) is 4.08. The summed E-state index contributed by atoms with van der Waals surface area (Å²) >= 11 is 1.62. The number of rotatable bonds is 5. The van der Waals surface area contributed by atoms with Crippen molar-refractivity contribution < 1.29 is 9.53 Å². The molecule has 0 radical (unpaired) electrons. The normalized spacial score (nSPS) is 10.3. The minimum atomic E-state index is 0.224. The van der Waals surface area contributed by atoms with E-state index in [0.717, 1.165) is 12.0 Å². The number of carbonyl (C=O) groups excluding carboxylic acids is 1. The maximum Gasteiger partial charge on any atom is 0.163 e. The third-order valence-electron chi connectivity index (χ3n) is 1.80. The molecule has 0 fully saturated rings. The fraction of sp³-hybridized carbons (Fsp3) is 0.500. The van der Waals surface area contributed by atoms with Gasteiger partial charge in [-0.1, -0.05) is 0 Å². The Morgan fingerprint density at radius 2 is 2.38 bits per heavy atom. The van der Waals surface area contributed by atoms with Crippen molar-refractivity contribution in [1.82, 2.24) is 0 Å². The van der Waals surface area contributed by atoms with Crippen LogP contribution in [0, 0.1) is 6.92 Å². The minimum Gasteiger partial charge on any atom is -0.385 e. The highest BCUT2D eigenvalue weighted by Crippen LogP contribution is 2.15. The highest BCUT2D eigenvalue weighted by molar-refractivity contribution is 7.10. The summed E-state index contributed by atoms with van der Waals surface area (Å²) in [4.78, 5) is 12.7. The van der Waals surface area contributed by atoms with Gasteiger partial charge in [0.25, 0.3) is 0 Å². The summed E-state index contributed by atoms with van der Waals surface area (Å²) in [5, 5.41) is 1.92. The predicted octanol–water partition coefficient (Wildman–Crippen LogP) is 2.67. The number of hydrogen-bond donors (Lipinski definition) is 0. The van der Waals surface area contributed by atoms with Gasteiger partial charge in [0, 0.05) is 36.0 Å². The summed E-state index contributed by atoms with van der Waals surface area (Å²) in [7, 11) is 1.65. The molecule has 0 atom stereocenters. The fourth-order valence-electron chi connectivity index (χ4n) is 1.11. The highest BCUT2D eigenvalue weighted by Gasteiger charge is 2.06. The Balaban J connectivity index is 2.40. The van der Waals surface area contributed by atoms with Crippen LogP contribution in [-0.4, -0.2) is 19.5 Å². The van der Waals surface area contributed by atoms with Crippen molar-refractivity contribution in [2.24, 2.45) is 0 Å². The molecule has 1 aromatic rings. The van der Waals surface area contributed by atoms with E-state index < -0.39 is 0 Å². The third kappa shape index (κ3) is 3.28. The van der Waals surface area contributed by atoms with Gasteiger partial charge in [-0.05, 0) is 19.4 Å². The molecular weight excluding hydrogens is 184 g/mol. The van der Waals surface area contributed by atoms with E-state index in [9.17, 15) is 4.79 Å². The number of carbonyl (C=O) groups is 1. The van der Waals surface area contributed by atoms with Gasteiger partial charge >= 0.3 is 0 Å². The van der Waals surface area contributed by atoms with Crippen molar-refractivity contribution in [3.8, 4) is 0 Å². The molecular formula is C10H14O2S. The first-order valence-corrected chi connectivity index (χ1v) is 5.19. The van der Waals surface area contributed by atoms with Crippen molar-refractivity contribution in [2.45, 2.75) is 19.8 Å². The SMILES string of the molecule is COCCCC(=O)c1csc(C)c1. The molecule has 1 aromatic heterocycles. The molecule has 1 heterocycles. The Kier molecular flexibility index (Phi) is 4.12. The highest BCUT2D eigenvalue weighted by atomic mass is 32.1. The van der Waals surface area contributed by atoms with Gasteiger partial charge in [-0.2, -0.15) is 0 Å². The van der Waals surface area contributed by atoms with Gasteiger partial charge in [0.15, 0.2) is 5.78 Å². The van der Waals surface area contributed by atoms with E-state index in [2.05, 4.69) is 0 Å². The average Bonchev–Trinajstić information content (AvgIpc) is 2.52. The smallest absolute Gasteiger partial charge is 0.163 e. The number of ketones is 1. The Morgan fingerprint density at radius 3 is 2.92 bits per heavy atom. The first-order valence-electron chi connectivity index (χ1n) is 4.31. The van der Waals surface area contributed by atoms with Crippen LogP contribution in [0.4, 0.5) is 0 Å². The predicted molar refractivity (Wildman–Crippen MR) is 54.5 cm³/mol. The largest absolute Gasteiger partial charge is 0.385 e. The molecule has 0 aliphatic rings. The number of aryl methyl sites for hydroxylation is 1. The van der Waals surface area contributed by atoms with Crippen LogP contribution in [0.15, 0.2) is 11.4 Å². The van der Waals surface area contributed by atoms with Gasteiger partial charge in [-0.25, -0.2) is 0 Å². The van der Waals surface area contributed by atoms with Crippen LogP contribution >= 0.6 is 11.3 Å². The molecule has 0 bridgehead atoms. The topological polar surface area (TPSA) is 26.3 Å². The molecule has 0 aromatic carbocycles. The van der Waals surface area contributed by atoms with Crippen LogP contribution in [0.1, 0.15) is 28.1 Å². The molecule has 1 rings (SSSR count). The summed E-state index contributed by atoms with van der Waals surface area (Å²) in [6.45, 7) is 2.67. The number of Topliss-reactive ketones (excluding diaryl/α,β-unsaturated/α-hetero) is 1. The van der Waals surface area contributed by atoms with E-state index >= 15 is 0 Å². The maximum atomic E-state index is 11.5. The van der Waals surface area contributed by atoms with Crippen LogP contribution in [0.3, 0.4) is 0 Å². The van der Waals surface area contributed by atoms with Crippen molar-refractivity contribution in [3.05, 3.63) is 21.9 Å². The zero-order chi connectivity index (χ0) is 9.68. The van der Waals surface area contributed by atoms with E-state index in [1.807, 2.05) is 18.4 Å². The second-order valence-electron chi connectivity index (χ2n) is 2.97. The van der Waals surface area contributed by atoms with Gasteiger partial charge in [0.2, 0.25) is 0 Å². The van der Waals surface area contributed by atoms with Gasteiger partial charge < -0.3 is 4.74 Å². The Morgan fingerprint density at radius 1 is 1.62 bits per heavy atom. The van der Waals surface area contributed by atoms with E-state index in [4.69, 9.17) is 4.74 Å². The lowest BCUT2D eigenvalue weighted by atomic mass is 10.1. The molecule has 13 heavy (non-hydrogen) atoms. The second kappa shape index (κ2) is 5.14. The van der Waals surface area contributed by atoms with E-state index in [0.29, 0.717) is 13.0 Å². The van der Waals surface area contributed by atoms with Gasteiger partial charge in [0.05, 0.1) is 0 Å². The summed E-state index contributed by atoms with van der Waals surface area (Å²) < 4.78 is 4.88. The lowest BCUT2D eigenvalue weighted by Gasteiger charge is -1.97. The molecule has 0 aliphatic heterocycles. The molecule has 0 spiro atoms. The summed E-state index contributed by atoms with van der Waals surface area (Å²) in [5.74, 6) is 0.224. The molecule has 0 unspecified atom stereocenters. The number of ether oxygens (including phenoxy) is 1. The Labute approximate surface area is 82.5 Å². The van der Waals surface area contributed by atoms with Crippen LogP contribution in [0.25, 0.3) is 0 Å². The van der Waals surface area contributed by atoms with Crippen LogP contribution in [-0.2, 0) is 4.74 Å². The van der Waals surface area contributed by atoms with Crippen molar-refractivity contribution in [1.29, 1.82) is 0 Å². The molecule has 0 aliphatic carbocycles. The number of methoxy groups -OCH3 is 1. The standard InChI is InChI=1S/C10H14O2S/c1-8-6-9(7-13-8)10(11)4-3-5-12-2/h6-7H,3-5H2,1-2H3. The van der Waals surface area contributed by atoms with Crippen LogP contribution in [0.5, 0.6) is 0 Å². The lowest BCUT2D eigenvalue weighted by molar-refractivity contribution is 0.0964. The molecule has 72 valence electrons. The minimum absolute atomic E-state index is 0.224. The summed E-state index contributed by atoms with van der Waals surface area (Å²) in [6.07, 6.45) is 1.40. The quantitative estimate of drug-likeness (QED) is 0.537. The molecule has 3 heteroatoms. The maximum absolute atomic E-state index is 11.5. The fourth-order valence-corrected chi connectivity index (χ4v) is 1.82. The Hall–Kier alpha value is -0.670. The van der Waals surface area contributed by atoms with Gasteiger partial charge in [0.1, 0.15) is 0 Å². The molecule has 0 saturated heterocycles. The first-order chi connectivity index (χ1) is 6.24. The molecule has 0 amide bonds. The van der Waals surface area contributed by atoms with Crippen LogP contribution in [0.2, 0.25) is 0 Å². The number of hydrogen-bond acceptors (Lipinski definition) is 3. The summed E-state index contributed by atoms with van der Waals surface area (Å²) in [6, 6.07) is 1.94. The Bertz CT molecular complexity index is 278. The van der Waals surface area contributed by atoms with E-state index in [-0.39, 0.29) is 5.78 Å². The van der Waals surface area contributed by atoms with Crippen molar-refractivity contribution in [3.63, 3.8) is 0 Å². The van der Waals surface area contributed by atoms with Crippen molar-refractivity contribution >= 4 is 17.1 Å². The number of thiophene rings is 1. The van der Waals surface area contributed by atoms with Crippen LogP contribution < -0.4 is 0 Å². The van der Waals surface area contributed by atoms with Crippen molar-refractivity contribution in [2.75, 3.05) is 13.7 Å².